The molecule has 134 valence electrons. The second-order valence-corrected chi connectivity index (χ2v) is 8.15. The molecule has 0 fully saturated rings. The van der Waals surface area contributed by atoms with Crippen molar-refractivity contribution in [2.45, 2.75) is 25.1 Å². The van der Waals surface area contributed by atoms with Gasteiger partial charge in [0.1, 0.15) is 0 Å². The number of nitrogens with zero attached hydrogens (tertiary/aromatic N) is 2. The van der Waals surface area contributed by atoms with Crippen molar-refractivity contribution in [1.82, 2.24) is 10.2 Å². The summed E-state index contributed by atoms with van der Waals surface area (Å²) in [7, 11) is 0. The van der Waals surface area contributed by atoms with Crippen molar-refractivity contribution in [3.05, 3.63) is 59.2 Å². The molecule has 26 heavy (non-hydrogen) atoms. The van der Waals surface area contributed by atoms with Crippen LogP contribution in [0.15, 0.2) is 46.8 Å². The van der Waals surface area contributed by atoms with Gasteiger partial charge in [0.25, 0.3) is 0 Å². The fourth-order valence-corrected chi connectivity index (χ4v) is 3.94. The van der Waals surface area contributed by atoms with E-state index < -0.39 is 0 Å². The first-order valence-electron chi connectivity index (χ1n) is 8.17. The summed E-state index contributed by atoms with van der Waals surface area (Å²) in [5.41, 5.74) is 5.26. The van der Waals surface area contributed by atoms with Crippen molar-refractivity contribution in [3.8, 4) is 0 Å². The van der Waals surface area contributed by atoms with E-state index in [9.17, 15) is 4.79 Å². The molecule has 0 radical (unpaired) electrons. The average Bonchev–Trinajstić information content (AvgIpc) is 3.05. The molecule has 1 heterocycles. The molecule has 2 N–H and O–H groups in total. The first-order chi connectivity index (χ1) is 12.5. The lowest BCUT2D eigenvalue weighted by Crippen LogP contribution is -2.15. The van der Waals surface area contributed by atoms with Crippen LogP contribution < -0.4 is 10.6 Å². The van der Waals surface area contributed by atoms with Gasteiger partial charge in [-0.3, -0.25) is 4.79 Å². The topological polar surface area (TPSA) is 66.9 Å². The predicted molar refractivity (Wildman–Crippen MR) is 110 cm³/mol. The monoisotopic (exact) mass is 384 g/mol. The maximum Gasteiger partial charge on any atom is 0.234 e. The highest BCUT2D eigenvalue weighted by Gasteiger charge is 2.10. The highest BCUT2D eigenvalue weighted by atomic mass is 32.2. The Bertz CT molecular complexity index is 923. The van der Waals surface area contributed by atoms with Gasteiger partial charge in [-0.1, -0.05) is 47.4 Å². The lowest BCUT2D eigenvalue weighted by molar-refractivity contribution is -0.113. The fraction of sp³-hybridized carbons (Fsp3) is 0.211. The summed E-state index contributed by atoms with van der Waals surface area (Å²) in [4.78, 5) is 12.2. The van der Waals surface area contributed by atoms with Gasteiger partial charge in [0.2, 0.25) is 11.0 Å². The summed E-state index contributed by atoms with van der Waals surface area (Å²) in [5.74, 6) is 0.249. The minimum atomic E-state index is -0.0490. The molecule has 7 heteroatoms. The van der Waals surface area contributed by atoms with Crippen LogP contribution in [0.5, 0.6) is 0 Å². The Labute approximate surface area is 161 Å². The van der Waals surface area contributed by atoms with Gasteiger partial charge in [0.15, 0.2) is 4.34 Å². The normalized spacial score (nSPS) is 10.6. The summed E-state index contributed by atoms with van der Waals surface area (Å²) < 4.78 is 0.760. The highest BCUT2D eigenvalue weighted by molar-refractivity contribution is 8.01. The summed E-state index contributed by atoms with van der Waals surface area (Å²) in [6.45, 7) is 6.08. The van der Waals surface area contributed by atoms with Crippen LogP contribution in [0.4, 0.5) is 16.5 Å². The largest absolute Gasteiger partial charge is 0.330 e. The smallest absolute Gasteiger partial charge is 0.234 e. The van der Waals surface area contributed by atoms with Gasteiger partial charge in [0, 0.05) is 11.4 Å². The van der Waals surface area contributed by atoms with Gasteiger partial charge >= 0.3 is 0 Å². The van der Waals surface area contributed by atoms with Gasteiger partial charge in [-0.15, -0.1) is 10.2 Å². The molecule has 0 bridgehead atoms. The number of hydrogen-bond acceptors (Lipinski definition) is 6. The lowest BCUT2D eigenvalue weighted by atomic mass is 10.1. The van der Waals surface area contributed by atoms with Gasteiger partial charge in [0.05, 0.1) is 5.75 Å². The lowest BCUT2D eigenvalue weighted by Gasteiger charge is -2.09. The van der Waals surface area contributed by atoms with Crippen LogP contribution in [0.1, 0.15) is 16.7 Å². The number of rotatable bonds is 6. The van der Waals surface area contributed by atoms with Crippen LogP contribution in [-0.2, 0) is 4.79 Å². The minimum absolute atomic E-state index is 0.0490. The molecule has 0 aliphatic rings. The molecule has 0 aliphatic carbocycles. The van der Waals surface area contributed by atoms with Crippen LogP contribution in [-0.4, -0.2) is 21.9 Å². The molecule has 3 rings (SSSR count). The van der Waals surface area contributed by atoms with E-state index in [4.69, 9.17) is 0 Å². The summed E-state index contributed by atoms with van der Waals surface area (Å²) in [6, 6.07) is 14.0. The molecule has 5 nitrogen and oxygen atoms in total. The van der Waals surface area contributed by atoms with Crippen molar-refractivity contribution in [3.63, 3.8) is 0 Å². The van der Waals surface area contributed by atoms with Gasteiger partial charge < -0.3 is 10.6 Å². The van der Waals surface area contributed by atoms with Crippen molar-refractivity contribution in [2.24, 2.45) is 0 Å². The third-order valence-electron chi connectivity index (χ3n) is 3.88. The average molecular weight is 385 g/mol. The number of carbonyl (C=O) groups is 1. The van der Waals surface area contributed by atoms with E-state index in [1.807, 2.05) is 63.2 Å². The van der Waals surface area contributed by atoms with E-state index in [1.165, 1.54) is 28.7 Å². The van der Waals surface area contributed by atoms with Crippen molar-refractivity contribution in [1.29, 1.82) is 0 Å². The number of anilines is 3. The first kappa shape index (κ1) is 18.4. The van der Waals surface area contributed by atoms with E-state index in [0.717, 1.165) is 26.8 Å². The van der Waals surface area contributed by atoms with Crippen LogP contribution in [0.3, 0.4) is 0 Å². The molecule has 0 aliphatic heterocycles. The van der Waals surface area contributed by atoms with Crippen molar-refractivity contribution < 1.29 is 4.79 Å². The molecule has 0 saturated heterocycles. The van der Waals surface area contributed by atoms with Crippen LogP contribution in [0.25, 0.3) is 0 Å². The van der Waals surface area contributed by atoms with Gasteiger partial charge in [-0.05, 0) is 55.7 Å². The molecule has 1 amide bonds. The Hall–Kier alpha value is -2.38. The maximum atomic E-state index is 12.2. The summed E-state index contributed by atoms with van der Waals surface area (Å²) >= 11 is 2.82. The Morgan fingerprint density at radius 3 is 2.73 bits per heavy atom. The van der Waals surface area contributed by atoms with Crippen LogP contribution >= 0.6 is 23.1 Å². The SMILES string of the molecule is Cc1cccc(Nc2nnc(SCC(=O)Nc3cccc(C)c3C)s2)c1. The first-order valence-corrected chi connectivity index (χ1v) is 9.97. The van der Waals surface area contributed by atoms with Gasteiger partial charge in [-0.25, -0.2) is 0 Å². The molecule has 0 saturated carbocycles. The third kappa shape index (κ3) is 4.83. The van der Waals surface area contributed by atoms with Gasteiger partial charge in [-0.2, -0.15) is 0 Å². The third-order valence-corrected chi connectivity index (χ3v) is 5.85. The highest BCUT2D eigenvalue weighted by Crippen LogP contribution is 2.28. The van der Waals surface area contributed by atoms with E-state index in [1.54, 1.807) is 0 Å². The number of nitrogens with one attached hydrogen (secondary N) is 2. The predicted octanol–water partition coefficient (Wildman–Crippen LogP) is 4.94. The molecular formula is C19H20N4OS2. The number of carbonyl (C=O) groups excluding carboxylic acids is 1. The zero-order chi connectivity index (χ0) is 18.5. The number of hydrogen-bond donors (Lipinski definition) is 2. The van der Waals surface area contributed by atoms with E-state index >= 15 is 0 Å². The number of benzene rings is 2. The fourth-order valence-electron chi connectivity index (χ4n) is 2.36. The number of amides is 1. The van der Waals surface area contributed by atoms with Crippen molar-refractivity contribution >= 4 is 45.5 Å². The molecule has 1 aromatic heterocycles. The molecule has 0 unspecified atom stereocenters. The number of aryl methyl sites for hydroxylation is 2. The molecule has 0 atom stereocenters. The Kier molecular flexibility index (Phi) is 5.90. The summed E-state index contributed by atoms with van der Waals surface area (Å²) in [5, 5.41) is 15.2. The number of aromatic nitrogens is 2. The Balaban J connectivity index is 1.54. The second kappa shape index (κ2) is 8.33. The van der Waals surface area contributed by atoms with Crippen LogP contribution in [0.2, 0.25) is 0 Å². The Morgan fingerprint density at radius 1 is 1.12 bits per heavy atom. The summed E-state index contributed by atoms with van der Waals surface area (Å²) in [6.07, 6.45) is 0. The number of thioether (sulfide) groups is 1. The standard InChI is InChI=1S/C19H20N4OS2/c1-12-6-4-8-15(10-12)20-18-22-23-19(26-18)25-11-17(24)21-16-9-5-7-13(2)14(16)3/h4-10H,11H2,1-3H3,(H,20,22)(H,21,24). The van der Waals surface area contributed by atoms with E-state index in [-0.39, 0.29) is 5.91 Å². The Morgan fingerprint density at radius 2 is 1.92 bits per heavy atom. The molecule has 0 spiro atoms. The van der Waals surface area contributed by atoms with Crippen molar-refractivity contribution in [2.75, 3.05) is 16.4 Å². The zero-order valence-electron chi connectivity index (χ0n) is 14.9. The molecule has 3 aromatic rings. The van der Waals surface area contributed by atoms with E-state index in [0.29, 0.717) is 10.9 Å². The molecule has 2 aromatic carbocycles. The minimum Gasteiger partial charge on any atom is -0.330 e. The van der Waals surface area contributed by atoms with Crippen LogP contribution in [0, 0.1) is 20.8 Å². The molecular weight excluding hydrogens is 364 g/mol. The maximum absolute atomic E-state index is 12.2. The quantitative estimate of drug-likeness (QED) is 0.589. The second-order valence-electron chi connectivity index (χ2n) is 5.95. The van der Waals surface area contributed by atoms with E-state index in [2.05, 4.69) is 20.8 Å². The zero-order valence-corrected chi connectivity index (χ0v) is 16.5.